The average Bonchev–Trinajstić information content (AvgIpc) is 3.33. The molecule has 0 aliphatic rings. The van der Waals surface area contributed by atoms with E-state index in [1.165, 1.54) is 56.0 Å². The Balaban J connectivity index is 0.000000884. The van der Waals surface area contributed by atoms with Crippen molar-refractivity contribution >= 4 is 24.3 Å². The van der Waals surface area contributed by atoms with Crippen LogP contribution < -0.4 is 9.47 Å². The highest BCUT2D eigenvalue weighted by molar-refractivity contribution is 5.98. The highest BCUT2D eigenvalue weighted by Crippen LogP contribution is 2.18. The number of aromatic hydroxyl groups is 2. The summed E-state index contributed by atoms with van der Waals surface area (Å²) < 4.78 is 10.7. The van der Waals surface area contributed by atoms with Crippen molar-refractivity contribution in [2.75, 3.05) is 7.11 Å². The number of allylic oxidation sites excluding steroid dienone is 1. The molecule has 0 fully saturated rings. The molecule has 6 rings (SSSR count). The summed E-state index contributed by atoms with van der Waals surface area (Å²) in [6.45, 7) is 15.7. The van der Waals surface area contributed by atoms with E-state index in [0.29, 0.717) is 29.9 Å². The molecule has 0 amide bonds. The van der Waals surface area contributed by atoms with Crippen LogP contribution in [0.2, 0.25) is 0 Å². The molecule has 0 aromatic heterocycles. The fourth-order valence-corrected chi connectivity index (χ4v) is 5.22. The van der Waals surface area contributed by atoms with Crippen LogP contribution in [0.5, 0.6) is 23.0 Å². The minimum absolute atomic E-state index is 0.0213. The van der Waals surface area contributed by atoms with E-state index >= 15 is 0 Å². The SMILES string of the molecule is C=CC.C=O.CC(=O)Oc1ccc(CC(=O)c2ccc(O)cc2)cc1.CCCCC.CCc1ccccc1.CO.O=C(Cc1ccc(OCc2ccccc2)cc1)c1ccc(O)cc1. The molecule has 0 saturated carbocycles. The monoisotopic (exact) mass is 870 g/mol. The second kappa shape index (κ2) is 36.5. The molecule has 0 heterocycles. The van der Waals surface area contributed by atoms with Gasteiger partial charge in [0.15, 0.2) is 11.6 Å². The highest BCUT2D eigenvalue weighted by Gasteiger charge is 2.09. The number of carbonyl (C=O) groups excluding carboxylic acids is 4. The minimum Gasteiger partial charge on any atom is -0.508 e. The molecule has 3 N–H and O–H groups in total. The lowest BCUT2D eigenvalue weighted by Gasteiger charge is -2.07. The zero-order valence-corrected chi connectivity index (χ0v) is 38.2. The van der Waals surface area contributed by atoms with Crippen LogP contribution in [0, 0.1) is 0 Å². The number of benzene rings is 6. The normalized spacial score (nSPS) is 9.17. The fourth-order valence-electron chi connectivity index (χ4n) is 5.22. The Bertz CT molecular complexity index is 2100. The predicted molar refractivity (Wildman–Crippen MR) is 259 cm³/mol. The summed E-state index contributed by atoms with van der Waals surface area (Å²) in [4.78, 5) is 43.0. The van der Waals surface area contributed by atoms with E-state index in [1.54, 1.807) is 54.6 Å². The zero-order valence-electron chi connectivity index (χ0n) is 38.2. The lowest BCUT2D eigenvalue weighted by atomic mass is 10.0. The third kappa shape index (κ3) is 26.3. The van der Waals surface area contributed by atoms with Crippen LogP contribution in [0.3, 0.4) is 0 Å². The summed E-state index contributed by atoms with van der Waals surface area (Å²) in [5.41, 5.74) is 5.43. The minimum atomic E-state index is -0.377. The first-order valence-corrected chi connectivity index (χ1v) is 21.0. The predicted octanol–water partition coefficient (Wildman–Crippen LogP) is 12.2. The number of esters is 1. The Kier molecular flexibility index (Phi) is 32.5. The molecule has 0 aliphatic heterocycles. The van der Waals surface area contributed by atoms with Gasteiger partial charge in [0.1, 0.15) is 36.4 Å². The van der Waals surface area contributed by atoms with Gasteiger partial charge in [0.05, 0.1) is 0 Å². The van der Waals surface area contributed by atoms with Crippen molar-refractivity contribution in [3.63, 3.8) is 0 Å². The molecule has 9 nitrogen and oxygen atoms in total. The number of Topliss-reactive ketones (excluding diaryl/α,β-unsaturated/α-hetero) is 2. The van der Waals surface area contributed by atoms with Crippen molar-refractivity contribution in [2.45, 2.75) is 79.8 Å². The number of aryl methyl sites for hydroxylation is 1. The van der Waals surface area contributed by atoms with Crippen LogP contribution >= 0.6 is 0 Å². The number of phenolic OH excluding ortho intramolecular Hbond substituents is 2. The smallest absolute Gasteiger partial charge is 0.308 e. The summed E-state index contributed by atoms with van der Waals surface area (Å²) in [5.74, 6) is 1.13. The second-order valence-corrected chi connectivity index (χ2v) is 13.6. The van der Waals surface area contributed by atoms with E-state index in [2.05, 4.69) is 51.6 Å². The van der Waals surface area contributed by atoms with Gasteiger partial charge in [-0.25, -0.2) is 0 Å². The maximum Gasteiger partial charge on any atom is 0.308 e. The van der Waals surface area contributed by atoms with Gasteiger partial charge in [0.2, 0.25) is 0 Å². The molecule has 0 aliphatic carbocycles. The lowest BCUT2D eigenvalue weighted by Crippen LogP contribution is -2.04. The van der Waals surface area contributed by atoms with Gasteiger partial charge in [0, 0.05) is 38.0 Å². The van der Waals surface area contributed by atoms with Crippen LogP contribution in [0.25, 0.3) is 0 Å². The molecule has 0 atom stereocenters. The molecular formula is C55H66O9. The van der Waals surface area contributed by atoms with Crippen molar-refractivity contribution in [1.29, 1.82) is 0 Å². The Morgan fingerprint density at radius 1 is 0.531 bits per heavy atom. The van der Waals surface area contributed by atoms with Gasteiger partial charge in [-0.05, 0) is 108 Å². The standard InChI is InChI=1S/C21H18O3.C16H14O4.C8H10.C5H12.C3H6.CH4O.CH2O/c22-19-10-8-18(9-11-19)21(23)14-16-6-12-20(13-7-16)24-15-17-4-2-1-3-5-17;1-11(17)20-15-8-2-12(3-9-15)10-16(19)13-4-6-14(18)7-5-13;1-2-8-6-4-3-5-7-8;1-3-5-4-2;1-3-2;2*1-2/h1-13,22H,14-15H2;2-9,18H,10H2,1H3;3-7H,2H2,1H3;3-5H2,1-2H3;3H,1H2,2H3;2H,1H3;1H2. The molecule has 6 aromatic carbocycles. The van der Waals surface area contributed by atoms with E-state index in [1.807, 2.05) is 74.4 Å². The molecule has 9 heteroatoms. The van der Waals surface area contributed by atoms with Gasteiger partial charge in [0.25, 0.3) is 0 Å². The first kappa shape index (κ1) is 56.9. The first-order chi connectivity index (χ1) is 31.0. The van der Waals surface area contributed by atoms with Crippen molar-refractivity contribution in [1.82, 2.24) is 0 Å². The van der Waals surface area contributed by atoms with Gasteiger partial charge in [-0.1, -0.05) is 131 Å². The number of phenols is 2. The summed E-state index contributed by atoms with van der Waals surface area (Å²) in [7, 11) is 1.00. The molecule has 0 spiro atoms. The van der Waals surface area contributed by atoms with Crippen LogP contribution in [0.4, 0.5) is 0 Å². The Hall–Kier alpha value is -7.10. The van der Waals surface area contributed by atoms with Crippen LogP contribution in [-0.2, 0) is 35.5 Å². The van der Waals surface area contributed by atoms with Crippen molar-refractivity contribution in [3.8, 4) is 23.0 Å². The Morgan fingerprint density at radius 3 is 1.20 bits per heavy atom. The quantitative estimate of drug-likeness (QED) is 0.0446. The number of ketones is 2. The van der Waals surface area contributed by atoms with E-state index < -0.39 is 0 Å². The van der Waals surface area contributed by atoms with E-state index in [9.17, 15) is 24.6 Å². The Labute approximate surface area is 380 Å². The summed E-state index contributed by atoms with van der Waals surface area (Å²) in [5, 5.41) is 25.4. The van der Waals surface area contributed by atoms with Crippen LogP contribution in [0.1, 0.15) is 96.9 Å². The number of carbonyl (C=O) groups is 4. The van der Waals surface area contributed by atoms with Gasteiger partial charge in [-0.15, -0.1) is 6.58 Å². The second-order valence-electron chi connectivity index (χ2n) is 13.6. The Morgan fingerprint density at radius 2 is 0.891 bits per heavy atom. The van der Waals surface area contributed by atoms with Crippen molar-refractivity contribution in [3.05, 3.63) is 204 Å². The van der Waals surface area contributed by atoms with Gasteiger partial charge >= 0.3 is 5.97 Å². The average molecular weight is 871 g/mol. The number of hydrogen-bond donors (Lipinski definition) is 3. The fraction of sp³-hybridized carbons (Fsp3) is 0.236. The largest absolute Gasteiger partial charge is 0.508 e. The number of ether oxygens (including phenoxy) is 2. The first-order valence-electron chi connectivity index (χ1n) is 21.0. The number of aliphatic hydroxyl groups excluding tert-OH is 1. The topological polar surface area (TPSA) is 147 Å². The maximum absolute atomic E-state index is 12.2. The number of hydrogen-bond acceptors (Lipinski definition) is 9. The molecule has 340 valence electrons. The summed E-state index contributed by atoms with van der Waals surface area (Å²) in [6, 6.07) is 47.2. The molecule has 0 bridgehead atoms. The van der Waals surface area contributed by atoms with Gasteiger partial charge in [-0.3, -0.25) is 14.4 Å². The van der Waals surface area contributed by atoms with E-state index in [0.717, 1.165) is 36.0 Å². The van der Waals surface area contributed by atoms with Gasteiger partial charge in [-0.2, -0.15) is 0 Å². The summed E-state index contributed by atoms with van der Waals surface area (Å²) in [6.07, 6.45) is 7.54. The number of unbranched alkanes of at least 4 members (excludes halogenated alkanes) is 2. The number of aliphatic hydroxyl groups is 1. The summed E-state index contributed by atoms with van der Waals surface area (Å²) >= 11 is 0. The van der Waals surface area contributed by atoms with Crippen molar-refractivity contribution in [2.24, 2.45) is 0 Å². The molecule has 0 radical (unpaired) electrons. The van der Waals surface area contributed by atoms with Gasteiger partial charge < -0.3 is 29.6 Å². The van der Waals surface area contributed by atoms with E-state index in [4.69, 9.17) is 19.4 Å². The molecule has 6 aromatic rings. The lowest BCUT2D eigenvalue weighted by molar-refractivity contribution is -0.131. The maximum atomic E-state index is 12.2. The molecule has 64 heavy (non-hydrogen) atoms. The molecule has 0 saturated heterocycles. The number of rotatable bonds is 13. The van der Waals surface area contributed by atoms with Crippen LogP contribution in [-0.4, -0.2) is 46.8 Å². The third-order valence-corrected chi connectivity index (χ3v) is 8.42. The van der Waals surface area contributed by atoms with E-state index in [-0.39, 0.29) is 35.5 Å². The zero-order chi connectivity index (χ0) is 48.0. The van der Waals surface area contributed by atoms with Crippen molar-refractivity contribution < 1.29 is 44.0 Å². The van der Waals surface area contributed by atoms with Crippen LogP contribution in [0.15, 0.2) is 170 Å². The molecular weight excluding hydrogens is 805 g/mol. The molecule has 0 unspecified atom stereocenters. The highest BCUT2D eigenvalue weighted by atomic mass is 16.5. The third-order valence-electron chi connectivity index (χ3n) is 8.42.